The predicted molar refractivity (Wildman–Crippen MR) is 149 cm³/mol. The largest absolute Gasteiger partial charge is 0.372 e. The van der Waals surface area contributed by atoms with Gasteiger partial charge < -0.3 is 20.1 Å². The summed E-state index contributed by atoms with van der Waals surface area (Å²) in [7, 11) is 1.79. The first-order valence-corrected chi connectivity index (χ1v) is 11.2. The zero-order valence-electron chi connectivity index (χ0n) is 19.4. The third-order valence-corrected chi connectivity index (χ3v) is 5.36. The molecule has 0 fully saturated rings. The number of anilines is 1. The Morgan fingerprint density at radius 1 is 0.939 bits per heavy atom. The molecule has 0 saturated carbocycles. The molecule has 3 rings (SSSR count). The lowest BCUT2D eigenvalue weighted by Crippen LogP contribution is -2.38. The number of guanidine groups is 1. The number of nitrogens with zero attached hydrogens (tertiary/aromatic N) is 3. The summed E-state index contributed by atoms with van der Waals surface area (Å²) in [5.41, 5.74) is 3.54. The highest BCUT2D eigenvalue weighted by atomic mass is 127. The molecule has 0 aliphatic carbocycles. The molecule has 33 heavy (non-hydrogen) atoms. The second-order valence-corrected chi connectivity index (χ2v) is 7.60. The van der Waals surface area contributed by atoms with E-state index < -0.39 is 0 Å². The number of nitrogens with one attached hydrogen (secondary N) is 2. The van der Waals surface area contributed by atoms with Crippen molar-refractivity contribution in [1.82, 2.24) is 15.2 Å². The van der Waals surface area contributed by atoms with E-state index in [0.717, 1.165) is 37.6 Å². The lowest BCUT2D eigenvalue weighted by molar-refractivity contribution is 0.708. The summed E-state index contributed by atoms with van der Waals surface area (Å²) in [5, 5.41) is 6.76. The van der Waals surface area contributed by atoms with Gasteiger partial charge in [0.1, 0.15) is 0 Å². The summed E-state index contributed by atoms with van der Waals surface area (Å²) in [6, 6.07) is 24.0. The molecule has 2 aromatic carbocycles. The Balaban J connectivity index is 0.00000385. The van der Waals surface area contributed by atoms with Crippen molar-refractivity contribution in [2.75, 3.05) is 31.6 Å². The van der Waals surface area contributed by atoms with E-state index in [-0.39, 0.29) is 29.5 Å². The predicted octanol–water partition coefficient (Wildman–Crippen LogP) is 4.10. The van der Waals surface area contributed by atoms with E-state index >= 15 is 0 Å². The second kappa shape index (κ2) is 14.4. The van der Waals surface area contributed by atoms with Crippen molar-refractivity contribution in [2.24, 2.45) is 4.99 Å². The number of para-hydroxylation sites is 1. The number of rotatable bonds is 10. The van der Waals surface area contributed by atoms with Crippen LogP contribution in [0.4, 0.5) is 5.69 Å². The van der Waals surface area contributed by atoms with Crippen molar-refractivity contribution in [3.63, 3.8) is 0 Å². The molecule has 0 bridgehead atoms. The van der Waals surface area contributed by atoms with Crippen LogP contribution in [0.25, 0.3) is 0 Å². The first-order chi connectivity index (χ1) is 15.7. The molecular formula is C26H34IN5O. The quantitative estimate of drug-likeness (QED) is 0.170. The van der Waals surface area contributed by atoms with Crippen molar-refractivity contribution in [3.8, 4) is 0 Å². The number of hydrogen-bond donors (Lipinski definition) is 2. The topological polar surface area (TPSA) is 61.7 Å². The normalized spacial score (nSPS) is 10.9. The first-order valence-electron chi connectivity index (χ1n) is 11.2. The lowest BCUT2D eigenvalue weighted by Gasteiger charge is -2.23. The van der Waals surface area contributed by atoms with Gasteiger partial charge in [-0.15, -0.1) is 24.0 Å². The molecule has 0 spiro atoms. The fraction of sp³-hybridized carbons (Fsp3) is 0.308. The maximum atomic E-state index is 11.9. The van der Waals surface area contributed by atoms with Crippen LogP contribution in [0.2, 0.25) is 0 Å². The van der Waals surface area contributed by atoms with Gasteiger partial charge >= 0.3 is 0 Å². The molecular weight excluding hydrogens is 525 g/mol. The molecule has 1 aromatic heterocycles. The van der Waals surface area contributed by atoms with E-state index in [4.69, 9.17) is 0 Å². The molecule has 6 nitrogen and oxygen atoms in total. The average molecular weight is 559 g/mol. The highest BCUT2D eigenvalue weighted by Crippen LogP contribution is 2.12. The van der Waals surface area contributed by atoms with Crippen LogP contribution in [0.5, 0.6) is 0 Å². The fourth-order valence-corrected chi connectivity index (χ4v) is 3.54. The molecule has 3 aromatic rings. The highest BCUT2D eigenvalue weighted by molar-refractivity contribution is 14.0. The van der Waals surface area contributed by atoms with E-state index in [2.05, 4.69) is 76.0 Å². The van der Waals surface area contributed by atoms with Crippen molar-refractivity contribution in [2.45, 2.75) is 26.4 Å². The van der Waals surface area contributed by atoms with Crippen LogP contribution < -0.4 is 21.1 Å². The van der Waals surface area contributed by atoms with E-state index in [1.165, 1.54) is 11.3 Å². The maximum absolute atomic E-state index is 11.9. The monoisotopic (exact) mass is 559 g/mol. The zero-order chi connectivity index (χ0) is 22.6. The molecule has 2 N–H and O–H groups in total. The Morgan fingerprint density at radius 3 is 2.30 bits per heavy atom. The third-order valence-electron chi connectivity index (χ3n) is 5.36. The lowest BCUT2D eigenvalue weighted by atomic mass is 10.1. The van der Waals surface area contributed by atoms with Crippen LogP contribution in [0.3, 0.4) is 0 Å². The summed E-state index contributed by atoms with van der Waals surface area (Å²) in [6.07, 6.45) is 2.84. The van der Waals surface area contributed by atoms with Crippen LogP contribution in [-0.2, 0) is 13.1 Å². The number of hydrogen-bond acceptors (Lipinski definition) is 3. The summed E-state index contributed by atoms with van der Waals surface area (Å²) in [6.45, 7) is 6.30. The first kappa shape index (κ1) is 26.4. The van der Waals surface area contributed by atoms with E-state index in [0.29, 0.717) is 13.1 Å². The number of benzene rings is 2. The highest BCUT2D eigenvalue weighted by Gasteiger charge is 2.04. The van der Waals surface area contributed by atoms with Crippen molar-refractivity contribution in [1.29, 1.82) is 0 Å². The standard InChI is InChI=1S/C26H33N5O.HI/c1-3-30(24-10-5-4-6-11-24)19-9-17-28-26(27-2)29-20-22-13-15-23(16-14-22)21-31-18-8-7-12-25(31)32;/h4-8,10-16,18H,3,9,17,19-21H2,1-2H3,(H2,27,28,29);1H. The molecule has 176 valence electrons. The van der Waals surface area contributed by atoms with Crippen LogP contribution in [-0.4, -0.2) is 37.2 Å². The van der Waals surface area contributed by atoms with Crippen molar-refractivity contribution in [3.05, 3.63) is 100 Å². The molecule has 0 radical (unpaired) electrons. The average Bonchev–Trinajstić information content (AvgIpc) is 2.84. The summed E-state index contributed by atoms with van der Waals surface area (Å²) < 4.78 is 1.70. The second-order valence-electron chi connectivity index (χ2n) is 7.60. The Kier molecular flexibility index (Phi) is 11.5. The van der Waals surface area contributed by atoms with Gasteiger partial charge in [0.05, 0.1) is 6.54 Å². The minimum Gasteiger partial charge on any atom is -0.372 e. The SMILES string of the molecule is CCN(CCCNC(=NC)NCc1ccc(Cn2ccccc2=O)cc1)c1ccccc1.I. The van der Waals surface area contributed by atoms with Gasteiger partial charge in [-0.25, -0.2) is 0 Å². The number of aromatic nitrogens is 1. The molecule has 0 aliphatic rings. The van der Waals surface area contributed by atoms with Crippen LogP contribution in [0.15, 0.2) is 88.8 Å². The van der Waals surface area contributed by atoms with Gasteiger partial charge in [0.2, 0.25) is 0 Å². The van der Waals surface area contributed by atoms with Crippen molar-refractivity contribution >= 4 is 35.6 Å². The van der Waals surface area contributed by atoms with Crippen LogP contribution in [0.1, 0.15) is 24.5 Å². The van der Waals surface area contributed by atoms with Gasteiger partial charge in [-0.1, -0.05) is 48.5 Å². The van der Waals surface area contributed by atoms with Gasteiger partial charge in [0.25, 0.3) is 5.56 Å². The van der Waals surface area contributed by atoms with E-state index in [1.807, 2.05) is 18.3 Å². The number of halogens is 1. The van der Waals surface area contributed by atoms with Crippen LogP contribution >= 0.6 is 24.0 Å². The summed E-state index contributed by atoms with van der Waals surface area (Å²) in [5.74, 6) is 0.799. The third kappa shape index (κ3) is 8.57. The summed E-state index contributed by atoms with van der Waals surface area (Å²) in [4.78, 5) is 18.6. The van der Waals surface area contributed by atoms with E-state index in [1.54, 1.807) is 23.7 Å². The zero-order valence-corrected chi connectivity index (χ0v) is 21.7. The van der Waals surface area contributed by atoms with Gasteiger partial charge in [-0.3, -0.25) is 9.79 Å². The number of aliphatic imine (C=N–C) groups is 1. The summed E-state index contributed by atoms with van der Waals surface area (Å²) >= 11 is 0. The minimum absolute atomic E-state index is 0. The maximum Gasteiger partial charge on any atom is 0.250 e. The van der Waals surface area contributed by atoms with Gasteiger partial charge in [0.15, 0.2) is 5.96 Å². The molecule has 0 saturated heterocycles. The van der Waals surface area contributed by atoms with Crippen molar-refractivity contribution < 1.29 is 0 Å². The molecule has 1 heterocycles. The molecule has 0 atom stereocenters. The Hall–Kier alpha value is -2.81. The molecule has 0 unspecified atom stereocenters. The Labute approximate surface area is 213 Å². The van der Waals surface area contributed by atoms with Gasteiger partial charge in [-0.05, 0) is 42.7 Å². The smallest absolute Gasteiger partial charge is 0.250 e. The van der Waals surface area contributed by atoms with Gasteiger partial charge in [-0.2, -0.15) is 0 Å². The Bertz CT molecular complexity index is 1030. The van der Waals surface area contributed by atoms with Gasteiger partial charge in [0, 0.05) is 51.2 Å². The van der Waals surface area contributed by atoms with E-state index in [9.17, 15) is 4.79 Å². The number of pyridine rings is 1. The minimum atomic E-state index is 0. The van der Waals surface area contributed by atoms with Crippen LogP contribution in [0, 0.1) is 0 Å². The molecule has 0 aliphatic heterocycles. The Morgan fingerprint density at radius 2 is 1.64 bits per heavy atom. The molecule has 0 amide bonds. The molecule has 7 heteroatoms. The fourth-order valence-electron chi connectivity index (χ4n) is 3.54.